The van der Waals surface area contributed by atoms with Gasteiger partial charge in [0, 0.05) is 13.2 Å². The normalized spacial score (nSPS) is 10.5. The molecular formula is C15H25NO3. The number of unbranched alkanes of at least 4 members (excludes halogenated alkanes) is 2. The number of aliphatic hydroxyl groups is 1. The van der Waals surface area contributed by atoms with Crippen LogP contribution in [0.15, 0.2) is 18.2 Å². The van der Waals surface area contributed by atoms with Crippen molar-refractivity contribution >= 4 is 0 Å². The highest BCUT2D eigenvalue weighted by atomic mass is 16.5. The summed E-state index contributed by atoms with van der Waals surface area (Å²) >= 11 is 0. The molecule has 108 valence electrons. The minimum Gasteiger partial charge on any atom is -0.493 e. The second-order valence-corrected chi connectivity index (χ2v) is 4.40. The van der Waals surface area contributed by atoms with Gasteiger partial charge in [-0.1, -0.05) is 13.0 Å². The van der Waals surface area contributed by atoms with Crippen LogP contribution in [0.1, 0.15) is 31.7 Å². The molecule has 4 nitrogen and oxygen atoms in total. The average molecular weight is 267 g/mol. The zero-order chi connectivity index (χ0) is 13.9. The third kappa shape index (κ3) is 5.94. The Morgan fingerprint density at radius 1 is 1.16 bits per heavy atom. The van der Waals surface area contributed by atoms with E-state index in [1.807, 2.05) is 18.2 Å². The fraction of sp³-hybridized carbons (Fsp3) is 0.600. The predicted octanol–water partition coefficient (Wildman–Crippen LogP) is 2.35. The number of ether oxygens (including phenoxy) is 2. The minimum absolute atomic E-state index is 0.251. The fourth-order valence-corrected chi connectivity index (χ4v) is 1.79. The van der Waals surface area contributed by atoms with Crippen LogP contribution >= 0.6 is 0 Å². The lowest BCUT2D eigenvalue weighted by Crippen LogP contribution is -2.11. The van der Waals surface area contributed by atoms with E-state index in [9.17, 15) is 0 Å². The number of hydrogen-bond acceptors (Lipinski definition) is 4. The van der Waals surface area contributed by atoms with Crippen molar-refractivity contribution in [2.75, 3.05) is 26.9 Å². The SMILES string of the molecule is CCNCc1ccc(OC)c(OCCCCCO)c1. The highest BCUT2D eigenvalue weighted by Crippen LogP contribution is 2.28. The first-order chi connectivity index (χ1) is 9.31. The van der Waals surface area contributed by atoms with E-state index in [1.54, 1.807) is 7.11 Å². The lowest BCUT2D eigenvalue weighted by atomic mass is 10.2. The van der Waals surface area contributed by atoms with E-state index in [-0.39, 0.29) is 6.61 Å². The molecule has 0 aliphatic heterocycles. The van der Waals surface area contributed by atoms with Gasteiger partial charge in [0.05, 0.1) is 13.7 Å². The average Bonchev–Trinajstić information content (AvgIpc) is 2.45. The summed E-state index contributed by atoms with van der Waals surface area (Å²) < 4.78 is 11.1. The maximum atomic E-state index is 8.72. The van der Waals surface area contributed by atoms with Gasteiger partial charge in [-0.3, -0.25) is 0 Å². The van der Waals surface area contributed by atoms with Gasteiger partial charge in [-0.05, 0) is 43.5 Å². The zero-order valence-electron chi connectivity index (χ0n) is 11.9. The molecule has 0 spiro atoms. The first-order valence-electron chi connectivity index (χ1n) is 6.93. The van der Waals surface area contributed by atoms with Crippen LogP contribution in [0, 0.1) is 0 Å². The van der Waals surface area contributed by atoms with Gasteiger partial charge in [-0.25, -0.2) is 0 Å². The lowest BCUT2D eigenvalue weighted by molar-refractivity contribution is 0.260. The van der Waals surface area contributed by atoms with Gasteiger partial charge < -0.3 is 19.9 Å². The van der Waals surface area contributed by atoms with Crippen molar-refractivity contribution in [1.82, 2.24) is 5.32 Å². The summed E-state index contributed by atoms with van der Waals surface area (Å²) in [5.74, 6) is 1.56. The van der Waals surface area contributed by atoms with Crippen LogP contribution in [0.2, 0.25) is 0 Å². The summed E-state index contributed by atoms with van der Waals surface area (Å²) in [6, 6.07) is 6.00. The Kier molecular flexibility index (Phi) is 8.02. The monoisotopic (exact) mass is 267 g/mol. The zero-order valence-corrected chi connectivity index (χ0v) is 11.9. The van der Waals surface area contributed by atoms with Crippen LogP contribution in [-0.2, 0) is 6.54 Å². The number of methoxy groups -OCH3 is 1. The number of rotatable bonds is 10. The van der Waals surface area contributed by atoms with Gasteiger partial charge in [0.1, 0.15) is 0 Å². The molecule has 0 unspecified atom stereocenters. The summed E-state index contributed by atoms with van der Waals surface area (Å²) in [4.78, 5) is 0. The highest BCUT2D eigenvalue weighted by Gasteiger charge is 2.05. The second-order valence-electron chi connectivity index (χ2n) is 4.40. The molecule has 0 fully saturated rings. The van der Waals surface area contributed by atoms with Crippen molar-refractivity contribution in [3.8, 4) is 11.5 Å². The lowest BCUT2D eigenvalue weighted by Gasteiger charge is -2.12. The molecule has 1 rings (SSSR count). The summed E-state index contributed by atoms with van der Waals surface area (Å²) in [5, 5.41) is 12.0. The largest absolute Gasteiger partial charge is 0.493 e. The molecule has 0 aliphatic carbocycles. The predicted molar refractivity (Wildman–Crippen MR) is 76.8 cm³/mol. The van der Waals surface area contributed by atoms with Crippen LogP contribution < -0.4 is 14.8 Å². The Labute approximate surface area is 115 Å². The quantitative estimate of drug-likeness (QED) is 0.639. The summed E-state index contributed by atoms with van der Waals surface area (Å²) in [6.45, 7) is 4.77. The number of hydrogen-bond donors (Lipinski definition) is 2. The first-order valence-corrected chi connectivity index (χ1v) is 6.93. The molecule has 1 aromatic carbocycles. The van der Waals surface area contributed by atoms with E-state index >= 15 is 0 Å². The van der Waals surface area contributed by atoms with Crippen LogP contribution in [-0.4, -0.2) is 32.0 Å². The van der Waals surface area contributed by atoms with Crippen molar-refractivity contribution in [1.29, 1.82) is 0 Å². The highest BCUT2D eigenvalue weighted by molar-refractivity contribution is 5.42. The van der Waals surface area contributed by atoms with Gasteiger partial charge in [0.2, 0.25) is 0 Å². The molecule has 2 N–H and O–H groups in total. The molecule has 0 atom stereocenters. The van der Waals surface area contributed by atoms with Crippen molar-refractivity contribution in [3.05, 3.63) is 23.8 Å². The smallest absolute Gasteiger partial charge is 0.161 e. The molecule has 1 aromatic rings. The van der Waals surface area contributed by atoms with E-state index in [2.05, 4.69) is 12.2 Å². The molecular weight excluding hydrogens is 242 g/mol. The van der Waals surface area contributed by atoms with E-state index in [1.165, 1.54) is 5.56 Å². The number of benzene rings is 1. The molecule has 0 saturated heterocycles. The molecule has 0 bridgehead atoms. The fourth-order valence-electron chi connectivity index (χ4n) is 1.79. The molecule has 0 radical (unpaired) electrons. The number of nitrogens with one attached hydrogen (secondary N) is 1. The molecule has 19 heavy (non-hydrogen) atoms. The Morgan fingerprint density at radius 2 is 2.00 bits per heavy atom. The third-order valence-corrected chi connectivity index (χ3v) is 2.87. The van der Waals surface area contributed by atoms with E-state index in [0.717, 1.165) is 43.9 Å². The van der Waals surface area contributed by atoms with Crippen molar-refractivity contribution in [2.24, 2.45) is 0 Å². The van der Waals surface area contributed by atoms with Gasteiger partial charge in [-0.15, -0.1) is 0 Å². The van der Waals surface area contributed by atoms with Crippen LogP contribution in [0.4, 0.5) is 0 Å². The maximum absolute atomic E-state index is 8.72. The van der Waals surface area contributed by atoms with Gasteiger partial charge in [-0.2, -0.15) is 0 Å². The van der Waals surface area contributed by atoms with E-state index in [0.29, 0.717) is 6.61 Å². The number of aliphatic hydroxyl groups excluding tert-OH is 1. The van der Waals surface area contributed by atoms with Gasteiger partial charge >= 0.3 is 0 Å². The molecule has 0 aromatic heterocycles. The van der Waals surface area contributed by atoms with Gasteiger partial charge in [0.15, 0.2) is 11.5 Å². The Hall–Kier alpha value is -1.26. The van der Waals surface area contributed by atoms with Crippen molar-refractivity contribution in [2.45, 2.75) is 32.7 Å². The van der Waals surface area contributed by atoms with Crippen molar-refractivity contribution < 1.29 is 14.6 Å². The van der Waals surface area contributed by atoms with E-state index in [4.69, 9.17) is 14.6 Å². The van der Waals surface area contributed by atoms with Crippen LogP contribution in [0.25, 0.3) is 0 Å². The first kappa shape index (κ1) is 15.8. The van der Waals surface area contributed by atoms with Crippen LogP contribution in [0.3, 0.4) is 0 Å². The maximum Gasteiger partial charge on any atom is 0.161 e. The van der Waals surface area contributed by atoms with E-state index < -0.39 is 0 Å². The molecule has 0 saturated carbocycles. The van der Waals surface area contributed by atoms with Gasteiger partial charge in [0.25, 0.3) is 0 Å². The summed E-state index contributed by atoms with van der Waals surface area (Å²) in [6.07, 6.45) is 2.76. The summed E-state index contributed by atoms with van der Waals surface area (Å²) in [7, 11) is 1.65. The van der Waals surface area contributed by atoms with Crippen LogP contribution in [0.5, 0.6) is 11.5 Å². The molecule has 0 heterocycles. The third-order valence-electron chi connectivity index (χ3n) is 2.87. The topological polar surface area (TPSA) is 50.7 Å². The Morgan fingerprint density at radius 3 is 2.68 bits per heavy atom. The second kappa shape index (κ2) is 9.64. The summed E-state index contributed by atoms with van der Waals surface area (Å²) in [5.41, 5.74) is 1.19. The molecule has 0 aliphatic rings. The molecule has 0 amide bonds. The standard InChI is InChI=1S/C15H25NO3/c1-3-16-12-13-7-8-14(18-2)15(11-13)19-10-6-4-5-9-17/h7-8,11,16-17H,3-6,9-10,12H2,1-2H3. The molecule has 4 heteroatoms. The van der Waals surface area contributed by atoms with Crippen molar-refractivity contribution in [3.63, 3.8) is 0 Å². The Balaban J connectivity index is 2.52. The minimum atomic E-state index is 0.251. The Bertz CT molecular complexity index is 355.